The van der Waals surface area contributed by atoms with Gasteiger partial charge in [0.25, 0.3) is 5.91 Å². The van der Waals surface area contributed by atoms with Crippen LogP contribution in [0.2, 0.25) is 5.02 Å². The lowest BCUT2D eigenvalue weighted by molar-refractivity contribution is -0.154. The fourth-order valence-electron chi connectivity index (χ4n) is 4.82. The van der Waals surface area contributed by atoms with E-state index in [0.717, 1.165) is 12.7 Å². The average molecular weight is 745 g/mol. The molecule has 2 heterocycles. The van der Waals surface area contributed by atoms with Gasteiger partial charge in [-0.1, -0.05) is 23.7 Å². The van der Waals surface area contributed by atoms with Gasteiger partial charge in [0.15, 0.2) is 6.61 Å². The van der Waals surface area contributed by atoms with Gasteiger partial charge in [-0.15, -0.1) is 0 Å². The predicted molar refractivity (Wildman–Crippen MR) is 180 cm³/mol. The number of aromatic nitrogens is 5. The molecule has 5 rings (SSSR count). The second-order valence-electron chi connectivity index (χ2n) is 11.5. The molecule has 274 valence electrons. The van der Waals surface area contributed by atoms with E-state index in [1.165, 1.54) is 41.2 Å². The van der Waals surface area contributed by atoms with Crippen molar-refractivity contribution in [2.45, 2.75) is 37.0 Å². The standard InChI is InChI=1S/C32H32ClF3N10O6/c1-46-23(12-16-38-46)41-26(49)25(48)37-15-11-22(27(50)51-2)40-24(47)18-3-9-21(10-4-18)39-28-42-29(44-30(43-28)52-17-32(34,35)36)45-31(13-14-31)19-5-7-20(33)8-6-19/h3-10,12,16,22H,11,13-15,17H2,1-2H3,(H,37,48)(H,40,47)(H,41,49)(H2,39,42,43,44,45)/t22-/m0/s1. The highest BCUT2D eigenvalue weighted by Gasteiger charge is 2.45. The minimum Gasteiger partial charge on any atom is -0.467 e. The highest BCUT2D eigenvalue weighted by molar-refractivity contribution is 6.39. The first-order valence-electron chi connectivity index (χ1n) is 15.6. The van der Waals surface area contributed by atoms with Gasteiger partial charge in [0.2, 0.25) is 11.9 Å². The van der Waals surface area contributed by atoms with Crippen LogP contribution < -0.4 is 31.3 Å². The molecule has 0 aliphatic heterocycles. The molecule has 5 N–H and O–H groups in total. The second-order valence-corrected chi connectivity index (χ2v) is 11.9. The highest BCUT2D eigenvalue weighted by Crippen LogP contribution is 2.48. The van der Waals surface area contributed by atoms with E-state index in [-0.39, 0.29) is 30.4 Å². The van der Waals surface area contributed by atoms with E-state index in [2.05, 4.69) is 46.6 Å². The Balaban J connectivity index is 1.22. The first kappa shape index (κ1) is 37.3. The van der Waals surface area contributed by atoms with Gasteiger partial charge in [-0.05, 0) is 61.2 Å². The molecular formula is C32H32ClF3N10O6. The minimum absolute atomic E-state index is 0.0304. The molecule has 20 heteroatoms. The maximum atomic E-state index is 13.0. The van der Waals surface area contributed by atoms with Crippen molar-refractivity contribution in [1.82, 2.24) is 35.4 Å². The van der Waals surface area contributed by atoms with E-state index in [4.69, 9.17) is 21.1 Å². The van der Waals surface area contributed by atoms with E-state index in [1.807, 2.05) is 12.1 Å². The molecule has 1 atom stereocenters. The SMILES string of the molecule is COC(=O)[C@H](CCNC(=O)C(=O)Nc1ccnn1C)NC(=O)c1ccc(Nc2nc(NC3(c4ccc(Cl)cc4)CC3)nc(OCC(F)(F)F)n2)cc1. The molecule has 0 unspecified atom stereocenters. The Morgan fingerprint density at radius 2 is 1.65 bits per heavy atom. The van der Waals surface area contributed by atoms with Gasteiger partial charge in [0.1, 0.15) is 11.9 Å². The summed E-state index contributed by atoms with van der Waals surface area (Å²) in [6.07, 6.45) is -1.88. The summed E-state index contributed by atoms with van der Waals surface area (Å²) in [6.45, 7) is -1.78. The Labute approximate surface area is 298 Å². The lowest BCUT2D eigenvalue weighted by Gasteiger charge is -2.19. The molecule has 0 radical (unpaired) electrons. The van der Waals surface area contributed by atoms with E-state index in [9.17, 15) is 32.3 Å². The number of methoxy groups -OCH3 is 1. The van der Waals surface area contributed by atoms with Crippen molar-refractivity contribution in [3.05, 3.63) is 76.9 Å². The van der Waals surface area contributed by atoms with Crippen LogP contribution in [-0.2, 0) is 31.7 Å². The number of benzene rings is 2. The molecule has 2 aromatic heterocycles. The Morgan fingerprint density at radius 3 is 2.27 bits per heavy atom. The number of carbonyl (C=O) groups is 4. The van der Waals surface area contributed by atoms with E-state index in [0.29, 0.717) is 29.4 Å². The summed E-state index contributed by atoms with van der Waals surface area (Å²) >= 11 is 6.02. The van der Waals surface area contributed by atoms with Crippen molar-refractivity contribution >= 4 is 58.7 Å². The third kappa shape index (κ3) is 10.1. The van der Waals surface area contributed by atoms with Gasteiger partial charge in [-0.3, -0.25) is 19.1 Å². The van der Waals surface area contributed by atoms with Crippen molar-refractivity contribution in [2.75, 3.05) is 36.2 Å². The van der Waals surface area contributed by atoms with Crippen LogP contribution in [0.5, 0.6) is 6.01 Å². The quantitative estimate of drug-likeness (QED) is 0.0931. The molecule has 16 nitrogen and oxygen atoms in total. The topological polar surface area (TPSA) is 203 Å². The number of nitrogens with zero attached hydrogens (tertiary/aromatic N) is 5. The fraction of sp³-hybridized carbons (Fsp3) is 0.312. The molecule has 1 aliphatic rings. The Bertz CT molecular complexity index is 1920. The van der Waals surface area contributed by atoms with Crippen molar-refractivity contribution in [1.29, 1.82) is 0 Å². The Kier molecular flexibility index (Phi) is 11.4. The molecule has 3 amide bonds. The third-order valence-corrected chi connectivity index (χ3v) is 7.91. The van der Waals surface area contributed by atoms with Crippen molar-refractivity contribution in [2.24, 2.45) is 7.05 Å². The number of hydrogen-bond acceptors (Lipinski definition) is 12. The predicted octanol–water partition coefficient (Wildman–Crippen LogP) is 3.46. The molecule has 52 heavy (non-hydrogen) atoms. The summed E-state index contributed by atoms with van der Waals surface area (Å²) in [4.78, 5) is 62.1. The largest absolute Gasteiger partial charge is 0.467 e. The molecule has 0 saturated heterocycles. The molecule has 1 saturated carbocycles. The van der Waals surface area contributed by atoms with E-state index >= 15 is 0 Å². The van der Waals surface area contributed by atoms with Crippen LogP contribution in [0.25, 0.3) is 0 Å². The maximum absolute atomic E-state index is 13.0. The van der Waals surface area contributed by atoms with Gasteiger partial charge in [0, 0.05) is 35.9 Å². The van der Waals surface area contributed by atoms with E-state index in [1.54, 1.807) is 19.2 Å². The van der Waals surface area contributed by atoms with Gasteiger partial charge in [-0.25, -0.2) is 4.79 Å². The zero-order valence-electron chi connectivity index (χ0n) is 27.6. The summed E-state index contributed by atoms with van der Waals surface area (Å²) in [5, 5.41) is 17.8. The van der Waals surface area contributed by atoms with Gasteiger partial charge in [0.05, 0.1) is 18.8 Å². The second kappa shape index (κ2) is 15.9. The lowest BCUT2D eigenvalue weighted by atomic mass is 10.1. The number of anilines is 4. The van der Waals surface area contributed by atoms with Gasteiger partial charge in [-0.2, -0.15) is 33.2 Å². The number of aryl methyl sites for hydroxylation is 1. The molecule has 1 aliphatic carbocycles. The zero-order valence-corrected chi connectivity index (χ0v) is 28.3. The zero-order chi connectivity index (χ0) is 37.5. The van der Waals surface area contributed by atoms with Crippen LogP contribution in [-0.4, -0.2) is 80.9 Å². The number of halogens is 4. The first-order valence-corrected chi connectivity index (χ1v) is 15.9. The average Bonchev–Trinajstić information content (AvgIpc) is 3.78. The number of amides is 3. The number of carbonyl (C=O) groups excluding carboxylic acids is 4. The van der Waals surface area contributed by atoms with Crippen molar-refractivity contribution in [3.8, 4) is 6.01 Å². The van der Waals surface area contributed by atoms with Crippen LogP contribution in [0, 0.1) is 0 Å². The van der Waals surface area contributed by atoms with Crippen LogP contribution in [0.15, 0.2) is 60.8 Å². The van der Waals surface area contributed by atoms with Gasteiger partial charge >= 0.3 is 30.0 Å². The summed E-state index contributed by atoms with van der Waals surface area (Å²) in [5.41, 5.74) is 0.819. The maximum Gasteiger partial charge on any atom is 0.422 e. The van der Waals surface area contributed by atoms with E-state index < -0.39 is 54.1 Å². The van der Waals surface area contributed by atoms with Crippen LogP contribution in [0.4, 0.5) is 36.6 Å². The van der Waals surface area contributed by atoms with Crippen molar-refractivity contribution in [3.63, 3.8) is 0 Å². The summed E-state index contributed by atoms with van der Waals surface area (Å²) in [7, 11) is 2.71. The van der Waals surface area contributed by atoms with Crippen LogP contribution in [0.3, 0.4) is 0 Å². The number of rotatable bonds is 14. The molecular weight excluding hydrogens is 713 g/mol. The highest BCUT2D eigenvalue weighted by atomic mass is 35.5. The molecule has 0 bridgehead atoms. The number of ether oxygens (including phenoxy) is 2. The number of nitrogens with one attached hydrogen (secondary N) is 5. The summed E-state index contributed by atoms with van der Waals surface area (Å²) < 4.78 is 49.7. The molecule has 2 aromatic carbocycles. The van der Waals surface area contributed by atoms with Crippen molar-refractivity contribution < 1.29 is 41.8 Å². The fourth-order valence-corrected chi connectivity index (χ4v) is 4.95. The Hall–Kier alpha value is -5.98. The molecule has 0 spiro atoms. The molecule has 1 fully saturated rings. The van der Waals surface area contributed by atoms with Crippen LogP contribution >= 0.6 is 11.6 Å². The Morgan fingerprint density at radius 1 is 0.962 bits per heavy atom. The molecule has 4 aromatic rings. The number of esters is 1. The third-order valence-electron chi connectivity index (χ3n) is 7.66. The summed E-state index contributed by atoms with van der Waals surface area (Å²) in [5.74, 6) is -3.23. The van der Waals surface area contributed by atoms with Gasteiger partial charge < -0.3 is 36.1 Å². The normalized spacial score (nSPS) is 13.7. The number of hydrogen-bond donors (Lipinski definition) is 5. The smallest absolute Gasteiger partial charge is 0.422 e. The van der Waals surface area contributed by atoms with Crippen LogP contribution in [0.1, 0.15) is 35.2 Å². The number of alkyl halides is 3. The summed E-state index contributed by atoms with van der Waals surface area (Å²) in [6, 6.07) is 12.7. The minimum atomic E-state index is -4.64. The first-order chi connectivity index (χ1) is 24.7. The lowest BCUT2D eigenvalue weighted by Crippen LogP contribution is -2.44. The monoisotopic (exact) mass is 744 g/mol.